The third kappa shape index (κ3) is 11.1. The first kappa shape index (κ1) is 20.4. The zero-order valence-corrected chi connectivity index (χ0v) is 11.3. The number of aliphatic carboxylic acids is 2. The Hall–Kier alpha value is -1.96. The van der Waals surface area contributed by atoms with Gasteiger partial charge in [0.15, 0.2) is 0 Å². The van der Waals surface area contributed by atoms with Crippen molar-refractivity contribution in [2.75, 3.05) is 0 Å². The van der Waals surface area contributed by atoms with Crippen LogP contribution in [0.2, 0.25) is 0 Å². The van der Waals surface area contributed by atoms with Gasteiger partial charge in [0, 0.05) is 6.04 Å². The monoisotopic (exact) mass is 286 g/mol. The Morgan fingerprint density at radius 1 is 1.15 bits per heavy atom. The van der Waals surface area contributed by atoms with Crippen molar-refractivity contribution in [1.82, 2.24) is 0 Å². The number of rotatable bonds is 5. The number of carbonyl (C=O) groups is 2. The summed E-state index contributed by atoms with van der Waals surface area (Å²) in [4.78, 5) is 19.6. The van der Waals surface area contributed by atoms with Crippen LogP contribution in [0.4, 0.5) is 0 Å². The molecule has 0 bridgehead atoms. The molecule has 20 heavy (non-hydrogen) atoms. The molecule has 0 aromatic heterocycles. The quantitative estimate of drug-likeness (QED) is 0.577. The van der Waals surface area contributed by atoms with Gasteiger partial charge >= 0.3 is 11.9 Å². The summed E-state index contributed by atoms with van der Waals surface area (Å²) in [6, 6.07) is 9.28. The lowest BCUT2D eigenvalue weighted by Gasteiger charge is -2.02. The van der Waals surface area contributed by atoms with E-state index in [1.165, 1.54) is 5.56 Å². The molecule has 0 spiro atoms. The molecule has 0 aliphatic heterocycles. The minimum Gasteiger partial charge on any atom is -0.481 e. The molecular weight excluding hydrogens is 264 g/mol. The van der Waals surface area contributed by atoms with Crippen molar-refractivity contribution in [3.8, 4) is 0 Å². The standard InChI is InChI=1S/C9H13N.C4H7NO4.H2O/c1-8(10)7-9-5-3-2-4-6-9;5-2(4(8)9)1-3(6)7;/h2-6,8H,7,10H2,1H3;2H,1,5H2,(H,6,7)(H,8,9);1H2/t8-;2-;/m10./s1. The van der Waals surface area contributed by atoms with Crippen molar-refractivity contribution in [2.24, 2.45) is 11.5 Å². The lowest BCUT2D eigenvalue weighted by molar-refractivity contribution is -0.144. The van der Waals surface area contributed by atoms with Gasteiger partial charge in [-0.25, -0.2) is 0 Å². The molecule has 1 aromatic rings. The molecule has 0 heterocycles. The maximum absolute atomic E-state index is 9.85. The molecule has 7 heteroatoms. The van der Waals surface area contributed by atoms with Gasteiger partial charge < -0.3 is 27.2 Å². The molecule has 8 N–H and O–H groups in total. The number of carboxylic acids is 2. The third-order valence-corrected chi connectivity index (χ3v) is 2.11. The fourth-order valence-electron chi connectivity index (χ4n) is 1.26. The minimum atomic E-state index is -1.29. The minimum absolute atomic E-state index is 0. The largest absolute Gasteiger partial charge is 0.481 e. The van der Waals surface area contributed by atoms with Gasteiger partial charge in [0.1, 0.15) is 6.04 Å². The summed E-state index contributed by atoms with van der Waals surface area (Å²) in [5.41, 5.74) is 11.8. The smallest absolute Gasteiger partial charge is 0.321 e. The molecule has 0 saturated heterocycles. The molecule has 2 atom stereocenters. The molecule has 0 radical (unpaired) electrons. The topological polar surface area (TPSA) is 158 Å². The first-order valence-corrected chi connectivity index (χ1v) is 5.82. The maximum Gasteiger partial charge on any atom is 0.321 e. The van der Waals surface area contributed by atoms with E-state index in [4.69, 9.17) is 21.7 Å². The van der Waals surface area contributed by atoms with Crippen molar-refractivity contribution in [1.29, 1.82) is 0 Å². The van der Waals surface area contributed by atoms with E-state index in [0.717, 1.165) is 6.42 Å². The molecule has 7 nitrogen and oxygen atoms in total. The number of hydrogen-bond acceptors (Lipinski definition) is 4. The third-order valence-electron chi connectivity index (χ3n) is 2.11. The molecule has 0 aliphatic rings. The Bertz CT molecular complexity index is 395. The van der Waals surface area contributed by atoms with Crippen LogP contribution in [0.15, 0.2) is 30.3 Å². The van der Waals surface area contributed by atoms with Gasteiger partial charge in [-0.05, 0) is 18.9 Å². The van der Waals surface area contributed by atoms with E-state index in [0.29, 0.717) is 0 Å². The van der Waals surface area contributed by atoms with Crippen molar-refractivity contribution in [3.63, 3.8) is 0 Å². The summed E-state index contributed by atoms with van der Waals surface area (Å²) in [7, 11) is 0. The molecule has 0 unspecified atom stereocenters. The molecule has 1 aromatic carbocycles. The van der Waals surface area contributed by atoms with Crippen LogP contribution in [0.5, 0.6) is 0 Å². The van der Waals surface area contributed by atoms with E-state index in [1.54, 1.807) is 0 Å². The molecule has 0 fully saturated rings. The number of carboxylic acid groups (broad SMARTS) is 2. The van der Waals surface area contributed by atoms with Gasteiger partial charge in [0.25, 0.3) is 0 Å². The van der Waals surface area contributed by atoms with Crippen molar-refractivity contribution in [3.05, 3.63) is 35.9 Å². The summed E-state index contributed by atoms with van der Waals surface area (Å²) in [5.74, 6) is -2.50. The predicted molar refractivity (Wildman–Crippen MR) is 75.3 cm³/mol. The number of nitrogens with two attached hydrogens (primary N) is 2. The van der Waals surface area contributed by atoms with Crippen LogP contribution in [0.3, 0.4) is 0 Å². The Kier molecular flexibility index (Phi) is 11.1. The predicted octanol–water partition coefficient (Wildman–Crippen LogP) is -0.375. The summed E-state index contributed by atoms with van der Waals surface area (Å²) in [6.07, 6.45) is 0.441. The van der Waals surface area contributed by atoms with Crippen LogP contribution < -0.4 is 11.5 Å². The fourth-order valence-corrected chi connectivity index (χ4v) is 1.26. The average molecular weight is 286 g/mol. The highest BCUT2D eigenvalue weighted by Gasteiger charge is 2.14. The van der Waals surface area contributed by atoms with Gasteiger partial charge in [-0.1, -0.05) is 30.3 Å². The van der Waals surface area contributed by atoms with Gasteiger partial charge in [0.2, 0.25) is 0 Å². The highest BCUT2D eigenvalue weighted by molar-refractivity contribution is 5.80. The van der Waals surface area contributed by atoms with Crippen LogP contribution in [0, 0.1) is 0 Å². The summed E-state index contributed by atoms with van der Waals surface area (Å²) in [6.45, 7) is 2.02. The van der Waals surface area contributed by atoms with Crippen LogP contribution in [-0.4, -0.2) is 39.7 Å². The lowest BCUT2D eigenvalue weighted by atomic mass is 10.1. The summed E-state index contributed by atoms with van der Waals surface area (Å²) in [5, 5.41) is 16.0. The molecule has 0 aliphatic carbocycles. The fraction of sp³-hybridized carbons (Fsp3) is 0.385. The maximum atomic E-state index is 9.85. The summed E-state index contributed by atoms with van der Waals surface area (Å²) < 4.78 is 0. The van der Waals surface area contributed by atoms with Crippen LogP contribution in [-0.2, 0) is 16.0 Å². The van der Waals surface area contributed by atoms with E-state index in [-0.39, 0.29) is 11.5 Å². The second kappa shape index (κ2) is 10.9. The van der Waals surface area contributed by atoms with Crippen molar-refractivity contribution in [2.45, 2.75) is 31.8 Å². The Morgan fingerprint density at radius 2 is 1.65 bits per heavy atom. The number of hydrogen-bond donors (Lipinski definition) is 4. The SMILES string of the molecule is C[C@@H](N)Cc1ccccc1.N[C@@H](CC(=O)O)C(=O)O.O. The molecule has 0 saturated carbocycles. The van der Waals surface area contributed by atoms with Gasteiger partial charge in [-0.2, -0.15) is 0 Å². The van der Waals surface area contributed by atoms with E-state index in [2.05, 4.69) is 12.1 Å². The van der Waals surface area contributed by atoms with E-state index < -0.39 is 24.4 Å². The van der Waals surface area contributed by atoms with Gasteiger partial charge in [-0.3, -0.25) is 9.59 Å². The number of benzene rings is 1. The summed E-state index contributed by atoms with van der Waals surface area (Å²) >= 11 is 0. The second-order valence-corrected chi connectivity index (χ2v) is 4.21. The average Bonchev–Trinajstić information content (AvgIpc) is 2.29. The van der Waals surface area contributed by atoms with E-state index in [9.17, 15) is 9.59 Å². The first-order valence-electron chi connectivity index (χ1n) is 5.82. The molecule has 0 amide bonds. The molecule has 114 valence electrons. The van der Waals surface area contributed by atoms with Gasteiger partial charge in [0.05, 0.1) is 6.42 Å². The van der Waals surface area contributed by atoms with Crippen LogP contribution >= 0.6 is 0 Å². The second-order valence-electron chi connectivity index (χ2n) is 4.21. The Morgan fingerprint density at radius 3 is 1.95 bits per heavy atom. The van der Waals surface area contributed by atoms with Gasteiger partial charge in [-0.15, -0.1) is 0 Å². The Labute approximate surface area is 117 Å². The zero-order valence-electron chi connectivity index (χ0n) is 11.3. The highest BCUT2D eigenvalue weighted by Crippen LogP contribution is 2.00. The lowest BCUT2D eigenvalue weighted by Crippen LogP contribution is -2.32. The van der Waals surface area contributed by atoms with Crippen molar-refractivity contribution >= 4 is 11.9 Å². The van der Waals surface area contributed by atoms with E-state index >= 15 is 0 Å². The first-order chi connectivity index (χ1) is 8.82. The normalized spacial score (nSPS) is 12.2. The van der Waals surface area contributed by atoms with Crippen molar-refractivity contribution < 1.29 is 25.3 Å². The highest BCUT2D eigenvalue weighted by atomic mass is 16.4. The van der Waals surface area contributed by atoms with Crippen LogP contribution in [0.1, 0.15) is 18.9 Å². The Balaban J connectivity index is 0. The van der Waals surface area contributed by atoms with E-state index in [1.807, 2.05) is 25.1 Å². The molecule has 1 rings (SSSR count). The molecular formula is C13H22N2O5. The van der Waals surface area contributed by atoms with Crippen LogP contribution in [0.25, 0.3) is 0 Å². The zero-order chi connectivity index (χ0) is 14.8.